The predicted octanol–water partition coefficient (Wildman–Crippen LogP) is 5.38. The number of aromatic nitrogens is 2. The van der Waals surface area contributed by atoms with Crippen molar-refractivity contribution in [3.05, 3.63) is 63.1 Å². The molecule has 0 atom stereocenters. The van der Waals surface area contributed by atoms with Crippen molar-refractivity contribution < 1.29 is 4.79 Å². The Morgan fingerprint density at radius 2 is 1.71 bits per heavy atom. The lowest BCUT2D eigenvalue weighted by atomic mass is 10.1. The zero-order valence-corrected chi connectivity index (χ0v) is 14.8. The highest BCUT2D eigenvalue weighted by molar-refractivity contribution is 6.35. The minimum absolute atomic E-state index is 0.456. The van der Waals surface area contributed by atoms with Crippen molar-refractivity contribution in [1.29, 1.82) is 0 Å². The van der Waals surface area contributed by atoms with Crippen molar-refractivity contribution in [3.63, 3.8) is 0 Å². The van der Waals surface area contributed by atoms with Crippen LogP contribution in [0.15, 0.2) is 42.5 Å². The van der Waals surface area contributed by atoms with Crippen molar-refractivity contribution in [1.82, 2.24) is 9.78 Å². The summed E-state index contributed by atoms with van der Waals surface area (Å²) in [5.41, 5.74) is 3.18. The van der Waals surface area contributed by atoms with E-state index in [1.165, 1.54) is 0 Å². The summed E-state index contributed by atoms with van der Waals surface area (Å²) in [6.07, 6.45) is 0.592. The van der Waals surface area contributed by atoms with Gasteiger partial charge in [-0.1, -0.05) is 46.9 Å². The van der Waals surface area contributed by atoms with E-state index in [0.29, 0.717) is 33.0 Å². The Labute approximate surface area is 154 Å². The van der Waals surface area contributed by atoms with E-state index in [9.17, 15) is 4.79 Å². The molecule has 122 valence electrons. The number of hydrogen-bond acceptors (Lipinski definition) is 2. The van der Waals surface area contributed by atoms with Gasteiger partial charge in [0.05, 0.1) is 16.4 Å². The zero-order valence-electron chi connectivity index (χ0n) is 12.6. The van der Waals surface area contributed by atoms with Crippen LogP contribution in [-0.2, 0) is 4.79 Å². The van der Waals surface area contributed by atoms with Gasteiger partial charge in [-0.3, -0.25) is 4.79 Å². The number of nitrogens with zero attached hydrogens (tertiary/aromatic N) is 2. The lowest BCUT2D eigenvalue weighted by molar-refractivity contribution is -0.105. The van der Waals surface area contributed by atoms with Crippen LogP contribution < -0.4 is 5.32 Å². The van der Waals surface area contributed by atoms with Crippen LogP contribution in [0.2, 0.25) is 15.1 Å². The predicted molar refractivity (Wildman–Crippen MR) is 98.5 cm³/mol. The molecule has 0 saturated carbocycles. The van der Waals surface area contributed by atoms with Gasteiger partial charge in [0.2, 0.25) is 6.41 Å². The molecule has 0 saturated heterocycles. The molecule has 0 fully saturated rings. The SMILES string of the molecule is Cc1c(NC=O)nn(-c2ccc(Cl)cc2Cl)c1-c1ccc(Cl)cc1. The highest BCUT2D eigenvalue weighted by Crippen LogP contribution is 2.34. The van der Waals surface area contributed by atoms with Gasteiger partial charge in [0.15, 0.2) is 5.82 Å². The summed E-state index contributed by atoms with van der Waals surface area (Å²) < 4.78 is 1.68. The number of benzene rings is 2. The number of carbonyl (C=O) groups excluding carboxylic acids is 1. The van der Waals surface area contributed by atoms with Crippen molar-refractivity contribution in [2.45, 2.75) is 6.92 Å². The molecule has 1 amide bonds. The lowest BCUT2D eigenvalue weighted by Crippen LogP contribution is -2.01. The summed E-state index contributed by atoms with van der Waals surface area (Å²) in [5, 5.41) is 8.71. The van der Waals surface area contributed by atoms with Gasteiger partial charge >= 0.3 is 0 Å². The van der Waals surface area contributed by atoms with Crippen molar-refractivity contribution in [3.8, 4) is 16.9 Å². The number of hydrogen-bond donors (Lipinski definition) is 1. The highest BCUT2D eigenvalue weighted by atomic mass is 35.5. The Hall–Kier alpha value is -2.01. The summed E-state index contributed by atoms with van der Waals surface area (Å²) in [6.45, 7) is 1.88. The molecule has 24 heavy (non-hydrogen) atoms. The molecular weight excluding hydrogens is 369 g/mol. The van der Waals surface area contributed by atoms with E-state index in [1.54, 1.807) is 35.0 Å². The first-order valence-electron chi connectivity index (χ1n) is 7.02. The van der Waals surface area contributed by atoms with Gasteiger partial charge in [0.1, 0.15) is 0 Å². The van der Waals surface area contributed by atoms with E-state index < -0.39 is 0 Å². The molecule has 0 aliphatic heterocycles. The van der Waals surface area contributed by atoms with Gasteiger partial charge in [0.25, 0.3) is 0 Å². The van der Waals surface area contributed by atoms with Crippen LogP contribution in [0.4, 0.5) is 5.82 Å². The van der Waals surface area contributed by atoms with Crippen LogP contribution in [0.5, 0.6) is 0 Å². The summed E-state index contributed by atoms with van der Waals surface area (Å²) in [7, 11) is 0. The van der Waals surface area contributed by atoms with Gasteiger partial charge in [-0.25, -0.2) is 4.68 Å². The first kappa shape index (κ1) is 16.8. The third-order valence-corrected chi connectivity index (χ3v) is 4.36. The maximum atomic E-state index is 10.9. The summed E-state index contributed by atoms with van der Waals surface area (Å²) in [4.78, 5) is 10.9. The maximum absolute atomic E-state index is 10.9. The molecule has 0 unspecified atom stereocenters. The smallest absolute Gasteiger partial charge is 0.212 e. The Kier molecular flexibility index (Phi) is 4.81. The Bertz CT molecular complexity index is 904. The second-order valence-electron chi connectivity index (χ2n) is 5.10. The Morgan fingerprint density at radius 1 is 1.04 bits per heavy atom. The molecule has 1 aromatic heterocycles. The summed E-state index contributed by atoms with van der Waals surface area (Å²) in [6, 6.07) is 12.5. The minimum atomic E-state index is 0.456. The molecule has 0 bridgehead atoms. The van der Waals surface area contributed by atoms with Crippen LogP contribution in [0, 0.1) is 6.92 Å². The molecular formula is C17H12Cl3N3O. The molecule has 7 heteroatoms. The maximum Gasteiger partial charge on any atom is 0.212 e. The Balaban J connectivity index is 2.26. The average molecular weight is 381 g/mol. The van der Waals surface area contributed by atoms with Crippen LogP contribution in [0.25, 0.3) is 16.9 Å². The van der Waals surface area contributed by atoms with E-state index >= 15 is 0 Å². The monoisotopic (exact) mass is 379 g/mol. The summed E-state index contributed by atoms with van der Waals surface area (Å²) >= 11 is 18.3. The van der Waals surface area contributed by atoms with Crippen molar-refractivity contribution in [2.24, 2.45) is 0 Å². The van der Waals surface area contributed by atoms with Crippen LogP contribution >= 0.6 is 34.8 Å². The molecule has 3 aromatic rings. The first-order chi connectivity index (χ1) is 11.5. The van der Waals surface area contributed by atoms with Crippen molar-refractivity contribution in [2.75, 3.05) is 5.32 Å². The number of anilines is 1. The number of carbonyl (C=O) groups is 1. The van der Waals surface area contributed by atoms with Gasteiger partial charge < -0.3 is 5.32 Å². The third kappa shape index (κ3) is 3.13. The molecule has 1 N–H and O–H groups in total. The number of nitrogens with one attached hydrogen (secondary N) is 1. The summed E-state index contributed by atoms with van der Waals surface area (Å²) in [5.74, 6) is 0.459. The van der Waals surface area contributed by atoms with Crippen LogP contribution in [-0.4, -0.2) is 16.2 Å². The normalized spacial score (nSPS) is 10.7. The van der Waals surface area contributed by atoms with E-state index in [4.69, 9.17) is 34.8 Å². The Morgan fingerprint density at radius 3 is 2.33 bits per heavy atom. The molecule has 0 spiro atoms. The molecule has 1 heterocycles. The van der Waals surface area contributed by atoms with E-state index in [1.807, 2.05) is 19.1 Å². The standard InChI is InChI=1S/C17H12Cl3N3O/c1-10-16(11-2-4-12(18)5-3-11)23(22-17(10)21-9-24)15-7-6-13(19)8-14(15)20/h2-9H,1H3,(H,21,22,24). The average Bonchev–Trinajstić information content (AvgIpc) is 2.85. The molecule has 0 aliphatic rings. The van der Waals surface area contributed by atoms with E-state index in [-0.39, 0.29) is 0 Å². The quantitative estimate of drug-likeness (QED) is 0.618. The second kappa shape index (κ2) is 6.85. The molecule has 0 radical (unpaired) electrons. The molecule has 0 aliphatic carbocycles. The zero-order chi connectivity index (χ0) is 17.3. The van der Waals surface area contributed by atoms with Gasteiger partial charge in [-0.2, -0.15) is 0 Å². The van der Waals surface area contributed by atoms with E-state index in [0.717, 1.165) is 16.8 Å². The van der Waals surface area contributed by atoms with Crippen LogP contribution in [0.3, 0.4) is 0 Å². The topological polar surface area (TPSA) is 46.9 Å². The van der Waals surface area contributed by atoms with Crippen LogP contribution in [0.1, 0.15) is 5.56 Å². The fourth-order valence-corrected chi connectivity index (χ4v) is 3.08. The fraction of sp³-hybridized carbons (Fsp3) is 0.0588. The first-order valence-corrected chi connectivity index (χ1v) is 8.16. The lowest BCUT2D eigenvalue weighted by Gasteiger charge is -2.10. The fourth-order valence-electron chi connectivity index (χ4n) is 2.46. The van der Waals surface area contributed by atoms with E-state index in [2.05, 4.69) is 10.4 Å². The van der Waals surface area contributed by atoms with Crippen molar-refractivity contribution >= 4 is 47.0 Å². The van der Waals surface area contributed by atoms with Gasteiger partial charge in [-0.05, 0) is 37.3 Å². The number of halogens is 3. The molecule has 3 rings (SSSR count). The molecule has 4 nitrogen and oxygen atoms in total. The number of amides is 1. The highest BCUT2D eigenvalue weighted by Gasteiger charge is 2.19. The third-order valence-electron chi connectivity index (χ3n) is 3.57. The van der Waals surface area contributed by atoms with Gasteiger partial charge in [-0.15, -0.1) is 5.10 Å². The number of rotatable bonds is 4. The second-order valence-corrected chi connectivity index (χ2v) is 6.38. The largest absolute Gasteiger partial charge is 0.312 e. The molecule has 2 aromatic carbocycles. The van der Waals surface area contributed by atoms with Gasteiger partial charge in [0, 0.05) is 21.2 Å². The minimum Gasteiger partial charge on any atom is -0.312 e.